The van der Waals surface area contributed by atoms with Crippen molar-refractivity contribution in [2.75, 3.05) is 20.3 Å². The van der Waals surface area contributed by atoms with Gasteiger partial charge in [-0.15, -0.1) is 0 Å². The van der Waals surface area contributed by atoms with Gasteiger partial charge in [0.05, 0.1) is 6.61 Å². The van der Waals surface area contributed by atoms with E-state index in [-0.39, 0.29) is 0 Å². The molecule has 1 rings (SSSR count). The summed E-state index contributed by atoms with van der Waals surface area (Å²) in [4.78, 5) is 2.46. The number of rotatable bonds is 7. The van der Waals surface area contributed by atoms with Crippen LogP contribution in [0, 0.1) is 0 Å². The van der Waals surface area contributed by atoms with Gasteiger partial charge in [-0.2, -0.15) is 0 Å². The van der Waals surface area contributed by atoms with E-state index in [0.717, 1.165) is 30.6 Å². The Morgan fingerprint density at radius 2 is 2.18 bits per heavy atom. The maximum Gasteiger partial charge on any atom is 0.0589 e. The van der Waals surface area contributed by atoms with Gasteiger partial charge in [-0.1, -0.05) is 35.0 Å². The zero-order valence-corrected chi connectivity index (χ0v) is 12.5. The molecule has 0 bridgehead atoms. The average molecular weight is 300 g/mol. The highest BCUT2D eigenvalue weighted by molar-refractivity contribution is 9.10. The van der Waals surface area contributed by atoms with Crippen LogP contribution in [0.25, 0.3) is 0 Å². The third-order valence-electron chi connectivity index (χ3n) is 3.07. The van der Waals surface area contributed by atoms with E-state index >= 15 is 0 Å². The first-order valence-electron chi connectivity index (χ1n) is 6.14. The van der Waals surface area contributed by atoms with Crippen molar-refractivity contribution in [2.45, 2.75) is 32.9 Å². The Balaban J connectivity index is 2.64. The fraction of sp³-hybridized carbons (Fsp3) is 0.571. The zero-order chi connectivity index (χ0) is 12.7. The molecule has 0 spiro atoms. The number of hydrogen-bond acceptors (Lipinski definition) is 2. The highest BCUT2D eigenvalue weighted by atomic mass is 79.9. The lowest BCUT2D eigenvalue weighted by atomic mass is 10.1. The summed E-state index contributed by atoms with van der Waals surface area (Å²) in [5.74, 6) is 0. The van der Waals surface area contributed by atoms with E-state index in [2.05, 4.69) is 58.9 Å². The van der Waals surface area contributed by atoms with Crippen LogP contribution in [0.3, 0.4) is 0 Å². The maximum absolute atomic E-state index is 5.18. The highest BCUT2D eigenvalue weighted by Gasteiger charge is 2.12. The molecule has 0 aromatic heterocycles. The van der Waals surface area contributed by atoms with Crippen LogP contribution in [0.15, 0.2) is 28.7 Å². The van der Waals surface area contributed by atoms with Gasteiger partial charge in [-0.05, 0) is 31.0 Å². The molecule has 0 fully saturated rings. The third-order valence-corrected chi connectivity index (χ3v) is 3.56. The molecule has 0 aliphatic rings. The zero-order valence-electron chi connectivity index (χ0n) is 10.9. The summed E-state index contributed by atoms with van der Waals surface area (Å²) in [5.41, 5.74) is 1.34. The Morgan fingerprint density at radius 1 is 1.41 bits per heavy atom. The lowest BCUT2D eigenvalue weighted by molar-refractivity contribution is 0.118. The summed E-state index contributed by atoms with van der Waals surface area (Å²) >= 11 is 3.52. The standard InChI is InChI=1S/C14H22BrNO/c1-4-12(2)16(8-9-17-3)11-13-6-5-7-14(15)10-13/h5-7,10,12H,4,8-9,11H2,1-3H3. The van der Waals surface area contributed by atoms with E-state index in [1.165, 1.54) is 5.56 Å². The van der Waals surface area contributed by atoms with Gasteiger partial charge in [-0.25, -0.2) is 0 Å². The molecule has 0 amide bonds. The molecule has 0 radical (unpaired) electrons. The minimum atomic E-state index is 0.587. The Labute approximate surface area is 113 Å². The molecule has 96 valence electrons. The fourth-order valence-corrected chi connectivity index (χ4v) is 2.24. The average Bonchev–Trinajstić information content (AvgIpc) is 2.33. The van der Waals surface area contributed by atoms with Crippen LogP contribution in [0.4, 0.5) is 0 Å². The summed E-state index contributed by atoms with van der Waals surface area (Å²) in [5, 5.41) is 0. The van der Waals surface area contributed by atoms with Crippen molar-refractivity contribution in [1.29, 1.82) is 0 Å². The molecule has 1 atom stereocenters. The van der Waals surface area contributed by atoms with Gasteiger partial charge < -0.3 is 4.74 Å². The molecule has 1 aromatic carbocycles. The quantitative estimate of drug-likeness (QED) is 0.761. The van der Waals surface area contributed by atoms with Crippen LogP contribution in [0.2, 0.25) is 0 Å². The Bertz CT molecular complexity index is 330. The summed E-state index contributed by atoms with van der Waals surface area (Å²) < 4.78 is 6.32. The smallest absolute Gasteiger partial charge is 0.0589 e. The first-order valence-corrected chi connectivity index (χ1v) is 6.94. The summed E-state index contributed by atoms with van der Waals surface area (Å²) in [6.45, 7) is 7.26. The van der Waals surface area contributed by atoms with Gasteiger partial charge >= 0.3 is 0 Å². The van der Waals surface area contributed by atoms with Gasteiger partial charge in [0.25, 0.3) is 0 Å². The SMILES string of the molecule is CCC(C)N(CCOC)Cc1cccc(Br)c1. The summed E-state index contributed by atoms with van der Waals surface area (Å²) in [7, 11) is 1.76. The summed E-state index contributed by atoms with van der Waals surface area (Å²) in [6, 6.07) is 9.09. The third kappa shape index (κ3) is 5.19. The Morgan fingerprint density at radius 3 is 2.76 bits per heavy atom. The van der Waals surface area contributed by atoms with Crippen LogP contribution in [-0.2, 0) is 11.3 Å². The monoisotopic (exact) mass is 299 g/mol. The largest absolute Gasteiger partial charge is 0.383 e. The number of ether oxygens (including phenoxy) is 1. The van der Waals surface area contributed by atoms with Gasteiger partial charge in [0.15, 0.2) is 0 Å². The molecule has 3 heteroatoms. The summed E-state index contributed by atoms with van der Waals surface area (Å²) in [6.07, 6.45) is 1.16. The van der Waals surface area contributed by atoms with E-state index in [1.54, 1.807) is 7.11 Å². The lowest BCUT2D eigenvalue weighted by Gasteiger charge is -2.28. The van der Waals surface area contributed by atoms with E-state index in [9.17, 15) is 0 Å². The second kappa shape index (κ2) is 7.85. The number of nitrogens with zero attached hydrogens (tertiary/aromatic N) is 1. The molecular weight excluding hydrogens is 278 g/mol. The minimum absolute atomic E-state index is 0.587. The molecule has 0 aliphatic carbocycles. The molecule has 0 heterocycles. The second-order valence-corrected chi connectivity index (χ2v) is 5.27. The molecule has 0 N–H and O–H groups in total. The van der Waals surface area contributed by atoms with Gasteiger partial charge in [0, 0.05) is 30.7 Å². The predicted molar refractivity (Wildman–Crippen MR) is 76.2 cm³/mol. The van der Waals surface area contributed by atoms with Crippen molar-refractivity contribution in [2.24, 2.45) is 0 Å². The highest BCUT2D eigenvalue weighted by Crippen LogP contribution is 2.15. The second-order valence-electron chi connectivity index (χ2n) is 4.35. The van der Waals surface area contributed by atoms with E-state index in [0.29, 0.717) is 6.04 Å². The maximum atomic E-state index is 5.18. The predicted octanol–water partition coefficient (Wildman–Crippen LogP) is 3.70. The van der Waals surface area contributed by atoms with Crippen molar-refractivity contribution >= 4 is 15.9 Å². The lowest BCUT2D eigenvalue weighted by Crippen LogP contribution is -2.34. The molecule has 2 nitrogen and oxygen atoms in total. The normalized spacial score (nSPS) is 13.0. The first-order chi connectivity index (χ1) is 8.17. The molecule has 0 aliphatic heterocycles. The number of methoxy groups -OCH3 is 1. The molecule has 1 aromatic rings. The molecular formula is C14H22BrNO. The van der Waals surface area contributed by atoms with Gasteiger partial charge in [0.1, 0.15) is 0 Å². The van der Waals surface area contributed by atoms with E-state index in [1.807, 2.05) is 0 Å². The van der Waals surface area contributed by atoms with Crippen molar-refractivity contribution in [3.63, 3.8) is 0 Å². The number of hydrogen-bond donors (Lipinski definition) is 0. The minimum Gasteiger partial charge on any atom is -0.383 e. The Kier molecular flexibility index (Phi) is 6.78. The first kappa shape index (κ1) is 14.7. The number of halogens is 1. The van der Waals surface area contributed by atoms with Crippen LogP contribution < -0.4 is 0 Å². The fourth-order valence-electron chi connectivity index (χ4n) is 1.79. The van der Waals surface area contributed by atoms with Crippen LogP contribution in [0.5, 0.6) is 0 Å². The van der Waals surface area contributed by atoms with Crippen molar-refractivity contribution in [1.82, 2.24) is 4.90 Å². The molecule has 0 saturated heterocycles. The van der Waals surface area contributed by atoms with Crippen LogP contribution in [0.1, 0.15) is 25.8 Å². The van der Waals surface area contributed by atoms with E-state index < -0.39 is 0 Å². The van der Waals surface area contributed by atoms with Crippen molar-refractivity contribution in [3.8, 4) is 0 Å². The van der Waals surface area contributed by atoms with Crippen molar-refractivity contribution in [3.05, 3.63) is 34.3 Å². The van der Waals surface area contributed by atoms with Gasteiger partial charge in [-0.3, -0.25) is 4.90 Å². The topological polar surface area (TPSA) is 12.5 Å². The molecule has 1 unspecified atom stereocenters. The van der Waals surface area contributed by atoms with Gasteiger partial charge in [0.2, 0.25) is 0 Å². The molecule has 0 saturated carbocycles. The molecule has 17 heavy (non-hydrogen) atoms. The van der Waals surface area contributed by atoms with Crippen molar-refractivity contribution < 1.29 is 4.74 Å². The Hall–Kier alpha value is -0.380. The number of benzene rings is 1. The van der Waals surface area contributed by atoms with Crippen LogP contribution in [-0.4, -0.2) is 31.2 Å². The van der Waals surface area contributed by atoms with Crippen LogP contribution >= 0.6 is 15.9 Å². The van der Waals surface area contributed by atoms with E-state index in [4.69, 9.17) is 4.74 Å².